The first-order valence-electron chi connectivity index (χ1n) is 7.49. The molecule has 0 heterocycles. The van der Waals surface area contributed by atoms with Gasteiger partial charge in [-0.05, 0) is 45.7 Å². The van der Waals surface area contributed by atoms with Gasteiger partial charge in [0.05, 0.1) is 12.1 Å². The van der Waals surface area contributed by atoms with Crippen LogP contribution in [0.15, 0.2) is 0 Å². The monoisotopic (exact) mass is 302 g/mol. The number of unbranched alkanes of at least 4 members (excludes halogenated alkanes) is 2. The van der Waals surface area contributed by atoms with Gasteiger partial charge in [-0.2, -0.15) is 0 Å². The van der Waals surface area contributed by atoms with Crippen LogP contribution in [-0.4, -0.2) is 44.4 Å². The second kappa shape index (κ2) is 13.9. The largest absolute Gasteiger partial charge is 0.345 e. The Morgan fingerprint density at radius 1 is 1.10 bits per heavy atom. The normalized spacial score (nSPS) is 13.7. The molecule has 21 heavy (non-hydrogen) atoms. The zero-order valence-corrected chi connectivity index (χ0v) is 12.9. The van der Waals surface area contributed by atoms with Crippen molar-refractivity contribution in [3.8, 4) is 0 Å². The van der Waals surface area contributed by atoms with Crippen molar-refractivity contribution in [3.05, 3.63) is 0 Å². The zero-order valence-electron chi connectivity index (χ0n) is 12.9. The van der Waals surface area contributed by atoms with E-state index in [9.17, 15) is 9.59 Å². The number of rotatable bonds is 14. The molecule has 0 saturated heterocycles. The molecule has 0 fully saturated rings. The highest BCUT2D eigenvalue weighted by molar-refractivity contribution is 5.84. The third-order valence-corrected chi connectivity index (χ3v) is 3.27. The number of nitrogens with two attached hydrogens (primary N) is 2. The van der Waals surface area contributed by atoms with Gasteiger partial charge in [-0.3, -0.25) is 21.9 Å². The van der Waals surface area contributed by atoms with E-state index in [1.165, 1.54) is 0 Å². The van der Waals surface area contributed by atoms with Gasteiger partial charge in [-0.1, -0.05) is 6.42 Å². The number of nitrogens with one attached hydrogen (secondary N) is 4. The molecular weight excluding hydrogens is 272 g/mol. The number of hydrogen-bond acceptors (Lipinski definition) is 7. The minimum Gasteiger partial charge on any atom is -0.345 e. The molecule has 0 radical (unpaired) electrons. The number of carbonyl (C=O) groups excluding carboxylic acids is 2. The molecule has 0 aliphatic carbocycles. The summed E-state index contributed by atoms with van der Waals surface area (Å²) in [6, 6.07) is -0.932. The summed E-state index contributed by atoms with van der Waals surface area (Å²) < 4.78 is 0. The van der Waals surface area contributed by atoms with Crippen molar-refractivity contribution in [2.45, 2.75) is 50.6 Å². The number of amides is 1. The van der Waals surface area contributed by atoms with Crippen molar-refractivity contribution in [1.82, 2.24) is 21.5 Å². The van der Waals surface area contributed by atoms with E-state index < -0.39 is 12.1 Å². The molecule has 124 valence electrons. The van der Waals surface area contributed by atoms with Crippen molar-refractivity contribution in [2.75, 3.05) is 20.1 Å². The van der Waals surface area contributed by atoms with Gasteiger partial charge >= 0.3 is 0 Å². The van der Waals surface area contributed by atoms with Gasteiger partial charge in [0.15, 0.2) is 0 Å². The smallest absolute Gasteiger partial charge is 0.239 e. The van der Waals surface area contributed by atoms with Crippen LogP contribution in [0.1, 0.15) is 38.5 Å². The van der Waals surface area contributed by atoms with E-state index in [-0.39, 0.29) is 5.91 Å². The van der Waals surface area contributed by atoms with Crippen LogP contribution >= 0.6 is 0 Å². The molecule has 0 saturated carbocycles. The van der Waals surface area contributed by atoms with Gasteiger partial charge in [-0.15, -0.1) is 0 Å². The van der Waals surface area contributed by atoms with Gasteiger partial charge in [0.25, 0.3) is 0 Å². The fourth-order valence-electron chi connectivity index (χ4n) is 1.99. The maximum atomic E-state index is 12.0. The maximum absolute atomic E-state index is 12.0. The van der Waals surface area contributed by atoms with Crippen molar-refractivity contribution >= 4 is 12.2 Å². The minimum atomic E-state index is -0.469. The van der Waals surface area contributed by atoms with E-state index in [1.807, 2.05) is 7.05 Å². The Hall–Kier alpha value is -1.06. The average Bonchev–Trinajstić information content (AvgIpc) is 2.50. The summed E-state index contributed by atoms with van der Waals surface area (Å²) in [7, 11) is 1.89. The summed E-state index contributed by atoms with van der Waals surface area (Å²) >= 11 is 0. The summed E-state index contributed by atoms with van der Waals surface area (Å²) in [5.74, 6) is 10.4. The molecule has 1 amide bonds. The van der Waals surface area contributed by atoms with E-state index in [0.29, 0.717) is 19.4 Å². The van der Waals surface area contributed by atoms with E-state index in [4.69, 9.17) is 11.7 Å². The van der Waals surface area contributed by atoms with Crippen molar-refractivity contribution in [2.24, 2.45) is 11.7 Å². The Labute approximate surface area is 126 Å². The van der Waals surface area contributed by atoms with Crippen LogP contribution in [0.2, 0.25) is 0 Å². The Bertz CT molecular complexity index is 277. The standard InChI is InChI=1S/C13H30N6O2/c1-16-8-4-3-7-12(19-15)13(21)18-11(10-20)6-2-5-9-17-14/h10-12,16-17,19H,2-9,14-15H2,1H3,(H,18,21). The van der Waals surface area contributed by atoms with Crippen LogP contribution in [0.25, 0.3) is 0 Å². The third kappa shape index (κ3) is 10.3. The fourth-order valence-corrected chi connectivity index (χ4v) is 1.99. The van der Waals surface area contributed by atoms with E-state index in [0.717, 1.165) is 38.5 Å². The van der Waals surface area contributed by atoms with Crippen LogP contribution in [0.3, 0.4) is 0 Å². The number of aldehydes is 1. The number of carbonyl (C=O) groups is 2. The van der Waals surface area contributed by atoms with Crippen LogP contribution in [0, 0.1) is 0 Å². The quantitative estimate of drug-likeness (QED) is 0.0997. The maximum Gasteiger partial charge on any atom is 0.239 e. The Kier molecular flexibility index (Phi) is 13.2. The summed E-state index contributed by atoms with van der Waals surface area (Å²) in [6.45, 7) is 1.60. The Balaban J connectivity index is 4.04. The first-order chi connectivity index (χ1) is 10.2. The molecule has 8 heteroatoms. The molecule has 0 aliphatic heterocycles. The predicted octanol–water partition coefficient (Wildman–Crippen LogP) is -1.47. The van der Waals surface area contributed by atoms with Gasteiger partial charge in [-0.25, -0.2) is 5.43 Å². The van der Waals surface area contributed by atoms with Crippen LogP contribution in [-0.2, 0) is 9.59 Å². The molecule has 0 aliphatic rings. The third-order valence-electron chi connectivity index (χ3n) is 3.27. The Morgan fingerprint density at radius 2 is 1.76 bits per heavy atom. The van der Waals surface area contributed by atoms with E-state index in [1.54, 1.807) is 0 Å². The zero-order chi connectivity index (χ0) is 15.9. The molecule has 0 aromatic rings. The minimum absolute atomic E-state index is 0.226. The lowest BCUT2D eigenvalue weighted by molar-refractivity contribution is -0.126. The molecular formula is C13H30N6O2. The first-order valence-corrected chi connectivity index (χ1v) is 7.49. The lowest BCUT2D eigenvalue weighted by Gasteiger charge is -2.19. The van der Waals surface area contributed by atoms with E-state index in [2.05, 4.69) is 21.5 Å². The molecule has 0 spiro atoms. The SMILES string of the molecule is CNCCCCC(NN)C(=O)NC(C=O)CCCCNN. The van der Waals surface area contributed by atoms with Crippen LogP contribution in [0.4, 0.5) is 0 Å². The lowest BCUT2D eigenvalue weighted by Crippen LogP contribution is -2.50. The second-order valence-electron chi connectivity index (χ2n) is 5.02. The highest BCUT2D eigenvalue weighted by Crippen LogP contribution is 2.03. The fraction of sp³-hybridized carbons (Fsp3) is 0.846. The molecule has 2 unspecified atom stereocenters. The molecule has 0 aromatic carbocycles. The number of hydrazine groups is 2. The summed E-state index contributed by atoms with van der Waals surface area (Å²) in [5.41, 5.74) is 5.06. The highest BCUT2D eigenvalue weighted by Gasteiger charge is 2.19. The topological polar surface area (TPSA) is 134 Å². The van der Waals surface area contributed by atoms with Gasteiger partial charge in [0, 0.05) is 6.54 Å². The average molecular weight is 302 g/mol. The summed E-state index contributed by atoms with van der Waals surface area (Å²) in [6.07, 6.45) is 5.56. The number of hydrogen-bond donors (Lipinski definition) is 6. The molecule has 2 atom stereocenters. The van der Waals surface area contributed by atoms with Gasteiger partial charge in [0.2, 0.25) is 5.91 Å². The van der Waals surface area contributed by atoms with Crippen LogP contribution in [0.5, 0.6) is 0 Å². The summed E-state index contributed by atoms with van der Waals surface area (Å²) in [4.78, 5) is 23.0. The van der Waals surface area contributed by atoms with Crippen LogP contribution < -0.4 is 33.2 Å². The van der Waals surface area contributed by atoms with Gasteiger partial charge < -0.3 is 15.4 Å². The van der Waals surface area contributed by atoms with Gasteiger partial charge in [0.1, 0.15) is 6.29 Å². The van der Waals surface area contributed by atoms with Crippen molar-refractivity contribution < 1.29 is 9.59 Å². The Morgan fingerprint density at radius 3 is 2.33 bits per heavy atom. The van der Waals surface area contributed by atoms with E-state index >= 15 is 0 Å². The summed E-state index contributed by atoms with van der Waals surface area (Å²) in [5, 5.41) is 5.77. The van der Waals surface area contributed by atoms with Crippen molar-refractivity contribution in [3.63, 3.8) is 0 Å². The molecule has 8 N–H and O–H groups in total. The predicted molar refractivity (Wildman–Crippen MR) is 82.9 cm³/mol. The second-order valence-corrected chi connectivity index (χ2v) is 5.02. The first kappa shape index (κ1) is 19.9. The molecule has 0 bridgehead atoms. The molecule has 8 nitrogen and oxygen atoms in total. The lowest BCUT2D eigenvalue weighted by atomic mass is 10.1. The highest BCUT2D eigenvalue weighted by atomic mass is 16.2. The molecule has 0 rings (SSSR count). The van der Waals surface area contributed by atoms with Crippen molar-refractivity contribution in [1.29, 1.82) is 0 Å². The molecule has 0 aromatic heterocycles.